The van der Waals surface area contributed by atoms with Crippen LogP contribution >= 0.6 is 0 Å². The van der Waals surface area contributed by atoms with Crippen molar-refractivity contribution in [2.45, 2.75) is 13.5 Å². The average Bonchev–Trinajstić information content (AvgIpc) is 3.11. The number of hydrogen-bond acceptors (Lipinski definition) is 4. The van der Waals surface area contributed by atoms with Crippen molar-refractivity contribution in [1.82, 2.24) is 24.7 Å². The first-order chi connectivity index (χ1) is 12.7. The Morgan fingerprint density at radius 1 is 1.04 bits per heavy atom. The van der Waals surface area contributed by atoms with Gasteiger partial charge in [0.1, 0.15) is 5.65 Å². The number of carbonyl (C=O) groups excluding carboxylic acids is 1. The molecule has 0 aliphatic carbocycles. The van der Waals surface area contributed by atoms with Crippen LogP contribution in [0.1, 0.15) is 21.7 Å². The predicted octanol–water partition coefficient (Wildman–Crippen LogP) is 3.03. The van der Waals surface area contributed by atoms with E-state index in [1.165, 1.54) is 0 Å². The highest BCUT2D eigenvalue weighted by Crippen LogP contribution is 2.19. The molecule has 0 radical (unpaired) electrons. The lowest BCUT2D eigenvalue weighted by molar-refractivity contribution is 0.0950. The summed E-state index contributed by atoms with van der Waals surface area (Å²) in [4.78, 5) is 25.4. The molecule has 0 bridgehead atoms. The van der Waals surface area contributed by atoms with E-state index in [-0.39, 0.29) is 5.91 Å². The Morgan fingerprint density at radius 2 is 1.88 bits per heavy atom. The van der Waals surface area contributed by atoms with Gasteiger partial charge in [-0.3, -0.25) is 14.8 Å². The zero-order chi connectivity index (χ0) is 17.9. The van der Waals surface area contributed by atoms with Gasteiger partial charge >= 0.3 is 0 Å². The molecule has 0 unspecified atom stereocenters. The van der Waals surface area contributed by atoms with Crippen LogP contribution in [0.5, 0.6) is 0 Å². The van der Waals surface area contributed by atoms with Crippen LogP contribution in [-0.4, -0.2) is 25.3 Å². The molecular weight excluding hydrogens is 326 g/mol. The molecule has 4 rings (SSSR count). The molecule has 0 aliphatic rings. The third-order valence-electron chi connectivity index (χ3n) is 4.05. The zero-order valence-electron chi connectivity index (χ0n) is 14.3. The molecule has 0 aliphatic heterocycles. The number of fused-ring (bicyclic) bond motifs is 1. The van der Waals surface area contributed by atoms with Crippen molar-refractivity contribution in [2.75, 3.05) is 0 Å². The largest absolute Gasteiger partial charge is 0.346 e. The fourth-order valence-electron chi connectivity index (χ4n) is 2.66. The SMILES string of the molecule is Cc1cnc(CNC(=O)c2ccc3nc(-c4ccccc4)cn3c2)cn1. The molecule has 1 aromatic carbocycles. The van der Waals surface area contributed by atoms with Crippen LogP contribution in [0.25, 0.3) is 16.9 Å². The Bertz CT molecular complexity index is 1050. The Labute approximate surface area is 150 Å². The minimum Gasteiger partial charge on any atom is -0.346 e. The number of nitrogens with one attached hydrogen (secondary N) is 1. The lowest BCUT2D eigenvalue weighted by Gasteiger charge is -2.05. The van der Waals surface area contributed by atoms with Gasteiger partial charge in [-0.25, -0.2) is 4.98 Å². The van der Waals surface area contributed by atoms with Crippen molar-refractivity contribution in [1.29, 1.82) is 0 Å². The summed E-state index contributed by atoms with van der Waals surface area (Å²) in [5.74, 6) is -0.163. The molecule has 1 amide bonds. The van der Waals surface area contributed by atoms with E-state index in [4.69, 9.17) is 0 Å². The second-order valence-corrected chi connectivity index (χ2v) is 6.01. The zero-order valence-corrected chi connectivity index (χ0v) is 14.3. The van der Waals surface area contributed by atoms with E-state index in [0.29, 0.717) is 12.1 Å². The fraction of sp³-hybridized carbons (Fsp3) is 0.100. The summed E-state index contributed by atoms with van der Waals surface area (Å²) in [6.07, 6.45) is 7.06. The summed E-state index contributed by atoms with van der Waals surface area (Å²) in [6.45, 7) is 2.21. The van der Waals surface area contributed by atoms with E-state index in [1.807, 2.05) is 53.9 Å². The van der Waals surface area contributed by atoms with E-state index in [1.54, 1.807) is 24.7 Å². The van der Waals surface area contributed by atoms with Crippen LogP contribution in [-0.2, 0) is 6.54 Å². The van der Waals surface area contributed by atoms with Crippen molar-refractivity contribution in [3.63, 3.8) is 0 Å². The topological polar surface area (TPSA) is 72.2 Å². The molecule has 128 valence electrons. The molecular formula is C20H17N5O. The maximum atomic E-state index is 12.4. The molecule has 1 N–H and O–H groups in total. The molecule has 26 heavy (non-hydrogen) atoms. The Morgan fingerprint density at radius 3 is 2.65 bits per heavy atom. The molecule has 0 saturated carbocycles. The van der Waals surface area contributed by atoms with Gasteiger partial charge in [-0.15, -0.1) is 0 Å². The van der Waals surface area contributed by atoms with Gasteiger partial charge in [0, 0.05) is 24.2 Å². The number of pyridine rings is 1. The van der Waals surface area contributed by atoms with Crippen LogP contribution in [0, 0.1) is 6.92 Å². The highest BCUT2D eigenvalue weighted by atomic mass is 16.1. The van der Waals surface area contributed by atoms with Crippen LogP contribution in [0.4, 0.5) is 0 Å². The molecule has 3 aromatic heterocycles. The minimum atomic E-state index is -0.163. The van der Waals surface area contributed by atoms with Crippen molar-refractivity contribution < 1.29 is 4.79 Å². The predicted molar refractivity (Wildman–Crippen MR) is 98.6 cm³/mol. The first kappa shape index (κ1) is 16.0. The monoisotopic (exact) mass is 343 g/mol. The third kappa shape index (κ3) is 3.30. The van der Waals surface area contributed by atoms with Crippen LogP contribution in [0.3, 0.4) is 0 Å². The molecule has 6 heteroatoms. The number of imidazole rings is 1. The lowest BCUT2D eigenvalue weighted by atomic mass is 10.2. The van der Waals surface area contributed by atoms with Gasteiger partial charge in [0.15, 0.2) is 0 Å². The highest BCUT2D eigenvalue weighted by Gasteiger charge is 2.09. The summed E-state index contributed by atoms with van der Waals surface area (Å²) in [5, 5.41) is 2.86. The van der Waals surface area contributed by atoms with Crippen LogP contribution < -0.4 is 5.32 Å². The van der Waals surface area contributed by atoms with Crippen molar-refractivity contribution in [3.05, 3.63) is 84.2 Å². The van der Waals surface area contributed by atoms with Gasteiger partial charge in [-0.05, 0) is 19.1 Å². The average molecular weight is 343 g/mol. The van der Waals surface area contributed by atoms with Gasteiger partial charge in [-0.1, -0.05) is 30.3 Å². The van der Waals surface area contributed by atoms with E-state index in [9.17, 15) is 4.79 Å². The Balaban J connectivity index is 1.53. The van der Waals surface area contributed by atoms with E-state index < -0.39 is 0 Å². The summed E-state index contributed by atoms with van der Waals surface area (Å²) >= 11 is 0. The summed E-state index contributed by atoms with van der Waals surface area (Å²) in [6, 6.07) is 13.6. The van der Waals surface area contributed by atoms with Gasteiger partial charge < -0.3 is 9.72 Å². The first-order valence-electron chi connectivity index (χ1n) is 8.29. The number of hydrogen-bond donors (Lipinski definition) is 1. The lowest BCUT2D eigenvalue weighted by Crippen LogP contribution is -2.23. The van der Waals surface area contributed by atoms with Gasteiger partial charge in [-0.2, -0.15) is 0 Å². The Kier molecular flexibility index (Phi) is 4.15. The van der Waals surface area contributed by atoms with E-state index in [2.05, 4.69) is 20.3 Å². The second kappa shape index (κ2) is 6.76. The quantitative estimate of drug-likeness (QED) is 0.618. The van der Waals surface area contributed by atoms with Gasteiger partial charge in [0.2, 0.25) is 0 Å². The first-order valence-corrected chi connectivity index (χ1v) is 8.29. The van der Waals surface area contributed by atoms with Gasteiger partial charge in [0.25, 0.3) is 5.91 Å². The van der Waals surface area contributed by atoms with Crippen molar-refractivity contribution in [3.8, 4) is 11.3 Å². The standard InChI is InChI=1S/C20H17N5O/c1-14-9-22-17(10-21-14)11-23-20(26)16-7-8-19-24-18(13-25(19)12-16)15-5-3-2-4-6-15/h2-10,12-13H,11H2,1H3,(H,23,26). The second-order valence-electron chi connectivity index (χ2n) is 6.01. The molecule has 0 atom stereocenters. The van der Waals surface area contributed by atoms with E-state index >= 15 is 0 Å². The molecule has 0 spiro atoms. The summed E-state index contributed by atoms with van der Waals surface area (Å²) < 4.78 is 1.86. The van der Waals surface area contributed by atoms with E-state index in [0.717, 1.165) is 28.3 Å². The number of aryl methyl sites for hydroxylation is 1. The molecule has 6 nitrogen and oxygen atoms in total. The molecule has 0 fully saturated rings. The summed E-state index contributed by atoms with van der Waals surface area (Å²) in [7, 11) is 0. The minimum absolute atomic E-state index is 0.163. The van der Waals surface area contributed by atoms with Gasteiger partial charge in [0.05, 0.1) is 35.4 Å². The number of carbonyl (C=O) groups is 1. The maximum absolute atomic E-state index is 12.4. The number of nitrogens with zero attached hydrogens (tertiary/aromatic N) is 4. The fourth-order valence-corrected chi connectivity index (χ4v) is 2.66. The maximum Gasteiger partial charge on any atom is 0.253 e. The molecule has 0 saturated heterocycles. The number of benzene rings is 1. The van der Waals surface area contributed by atoms with Crippen molar-refractivity contribution in [2.24, 2.45) is 0 Å². The van der Waals surface area contributed by atoms with Crippen LogP contribution in [0.15, 0.2) is 67.3 Å². The van der Waals surface area contributed by atoms with Crippen molar-refractivity contribution >= 4 is 11.6 Å². The third-order valence-corrected chi connectivity index (χ3v) is 4.05. The summed E-state index contributed by atoms with van der Waals surface area (Å²) in [5.41, 5.74) is 4.84. The Hall–Kier alpha value is -3.54. The van der Waals surface area contributed by atoms with Crippen LogP contribution in [0.2, 0.25) is 0 Å². The smallest absolute Gasteiger partial charge is 0.253 e. The molecule has 3 heterocycles. The normalized spacial score (nSPS) is 10.8. The highest BCUT2D eigenvalue weighted by molar-refractivity contribution is 5.94. The number of amides is 1. The number of rotatable bonds is 4. The number of aromatic nitrogens is 4. The molecule has 4 aromatic rings.